The lowest BCUT2D eigenvalue weighted by atomic mass is 10.3. The van der Waals surface area contributed by atoms with Crippen molar-refractivity contribution in [3.8, 4) is 5.75 Å². The van der Waals surface area contributed by atoms with Crippen LogP contribution in [0.15, 0.2) is 28.8 Å². The van der Waals surface area contributed by atoms with E-state index >= 15 is 0 Å². The number of hydrogen-bond donors (Lipinski definition) is 2. The number of rotatable bonds is 6. The third-order valence-electron chi connectivity index (χ3n) is 2.31. The Kier molecular flexibility index (Phi) is 4.61. The van der Waals surface area contributed by atoms with E-state index in [1.54, 1.807) is 0 Å². The van der Waals surface area contributed by atoms with Crippen LogP contribution in [0.5, 0.6) is 5.75 Å². The van der Waals surface area contributed by atoms with Crippen LogP contribution in [-0.2, 0) is 17.9 Å². The van der Waals surface area contributed by atoms with Crippen molar-refractivity contribution in [3.63, 3.8) is 0 Å². The van der Waals surface area contributed by atoms with E-state index in [1.165, 1.54) is 24.3 Å². The smallest absolute Gasteiger partial charge is 0.246 e. The second kappa shape index (κ2) is 6.62. The normalized spacial score (nSPS) is 10.3. The lowest BCUT2D eigenvalue weighted by molar-refractivity contribution is -0.120. The van der Waals surface area contributed by atoms with Gasteiger partial charge in [0.1, 0.15) is 11.6 Å². The van der Waals surface area contributed by atoms with Crippen molar-refractivity contribution in [2.75, 3.05) is 6.54 Å². The molecule has 0 atom stereocenters. The number of aromatic nitrogens is 2. The predicted molar refractivity (Wildman–Crippen MR) is 65.9 cm³/mol. The van der Waals surface area contributed by atoms with Crippen LogP contribution in [0.1, 0.15) is 11.7 Å². The third kappa shape index (κ3) is 4.02. The van der Waals surface area contributed by atoms with E-state index in [-0.39, 0.29) is 37.3 Å². The fourth-order valence-corrected chi connectivity index (χ4v) is 1.35. The highest BCUT2D eigenvalue weighted by Gasteiger charge is 2.08. The molecule has 0 bridgehead atoms. The van der Waals surface area contributed by atoms with Gasteiger partial charge in [-0.05, 0) is 24.3 Å². The van der Waals surface area contributed by atoms with E-state index in [4.69, 9.17) is 15.0 Å². The maximum Gasteiger partial charge on any atom is 0.246 e. The first-order valence-electron chi connectivity index (χ1n) is 5.84. The van der Waals surface area contributed by atoms with Gasteiger partial charge in [0.15, 0.2) is 6.61 Å². The fraction of sp³-hybridized carbons (Fsp3) is 0.250. The lowest BCUT2D eigenvalue weighted by Gasteiger charge is -2.02. The molecule has 0 saturated carbocycles. The Balaban J connectivity index is 1.83. The van der Waals surface area contributed by atoms with Gasteiger partial charge >= 0.3 is 0 Å². The molecular weight excluding hydrogens is 267 g/mol. The van der Waals surface area contributed by atoms with Crippen LogP contribution < -0.4 is 15.8 Å². The Hall–Kier alpha value is -2.48. The summed E-state index contributed by atoms with van der Waals surface area (Å²) in [5.74, 6) is 0.423. The monoisotopic (exact) mass is 280 g/mol. The zero-order valence-electron chi connectivity index (χ0n) is 10.5. The maximum atomic E-state index is 12.7. The number of halogens is 1. The zero-order valence-corrected chi connectivity index (χ0v) is 10.5. The van der Waals surface area contributed by atoms with Gasteiger partial charge in [0.25, 0.3) is 0 Å². The van der Waals surface area contributed by atoms with Crippen LogP contribution in [0.2, 0.25) is 0 Å². The summed E-state index contributed by atoms with van der Waals surface area (Å²) < 4.78 is 23.0. The molecule has 0 radical (unpaired) electrons. The Morgan fingerprint density at radius 3 is 2.85 bits per heavy atom. The third-order valence-corrected chi connectivity index (χ3v) is 2.31. The fourth-order valence-electron chi connectivity index (χ4n) is 1.35. The first-order valence-corrected chi connectivity index (χ1v) is 5.84. The summed E-state index contributed by atoms with van der Waals surface area (Å²) in [5.41, 5.74) is 5.14. The molecule has 106 valence electrons. The highest BCUT2D eigenvalue weighted by molar-refractivity contribution is 5.77. The molecule has 20 heavy (non-hydrogen) atoms. The van der Waals surface area contributed by atoms with E-state index in [0.29, 0.717) is 11.6 Å². The van der Waals surface area contributed by atoms with Crippen LogP contribution in [-0.4, -0.2) is 22.6 Å². The molecule has 0 saturated heterocycles. The highest BCUT2D eigenvalue weighted by atomic mass is 19.1. The first kappa shape index (κ1) is 13.9. The van der Waals surface area contributed by atoms with Crippen LogP contribution >= 0.6 is 0 Å². The average Bonchev–Trinajstić information content (AvgIpc) is 2.92. The number of benzene rings is 1. The molecule has 0 aliphatic heterocycles. The van der Waals surface area contributed by atoms with Crippen LogP contribution in [0.3, 0.4) is 0 Å². The van der Waals surface area contributed by atoms with Gasteiger partial charge in [-0.2, -0.15) is 4.98 Å². The van der Waals surface area contributed by atoms with Gasteiger partial charge in [0, 0.05) is 0 Å². The summed E-state index contributed by atoms with van der Waals surface area (Å²) in [4.78, 5) is 15.0. The standard InChI is InChI=1S/C12H13FN4O3/c13-8-1-3-9(4-2-8)19-7-10-16-12(20-17-10)6-15-11(18)5-14/h1-4H,5-7,14H2,(H,15,18). The second-order valence-electron chi connectivity index (χ2n) is 3.83. The molecule has 1 aromatic carbocycles. The van der Waals surface area contributed by atoms with Gasteiger partial charge in [-0.3, -0.25) is 4.79 Å². The Morgan fingerprint density at radius 1 is 1.40 bits per heavy atom. The van der Waals surface area contributed by atoms with Crippen LogP contribution in [0, 0.1) is 5.82 Å². The maximum absolute atomic E-state index is 12.7. The van der Waals surface area contributed by atoms with Crippen molar-refractivity contribution in [2.24, 2.45) is 5.73 Å². The van der Waals surface area contributed by atoms with E-state index in [9.17, 15) is 9.18 Å². The van der Waals surface area contributed by atoms with Crippen molar-refractivity contribution in [2.45, 2.75) is 13.2 Å². The second-order valence-corrected chi connectivity index (χ2v) is 3.83. The summed E-state index contributed by atoms with van der Waals surface area (Å²) in [6.45, 7) is 0.0915. The molecule has 0 spiro atoms. The van der Waals surface area contributed by atoms with Gasteiger partial charge < -0.3 is 20.3 Å². The van der Waals surface area contributed by atoms with Gasteiger partial charge in [0.2, 0.25) is 17.6 Å². The Labute approximate surface area is 113 Å². The Morgan fingerprint density at radius 2 is 2.15 bits per heavy atom. The van der Waals surface area contributed by atoms with Crippen molar-refractivity contribution in [3.05, 3.63) is 41.8 Å². The summed E-state index contributed by atoms with van der Waals surface area (Å²) in [6, 6.07) is 5.58. The minimum absolute atomic E-state index is 0.0833. The van der Waals surface area contributed by atoms with Gasteiger partial charge in [-0.15, -0.1) is 0 Å². The molecule has 7 nitrogen and oxygen atoms in total. The molecule has 0 unspecified atom stereocenters. The molecule has 0 aliphatic rings. The lowest BCUT2D eigenvalue weighted by Crippen LogP contribution is -2.29. The molecule has 3 N–H and O–H groups in total. The molecule has 0 aliphatic carbocycles. The van der Waals surface area contributed by atoms with Gasteiger partial charge in [-0.1, -0.05) is 5.16 Å². The number of hydrogen-bond acceptors (Lipinski definition) is 6. The van der Waals surface area contributed by atoms with E-state index < -0.39 is 0 Å². The molecular formula is C12H13FN4O3. The Bertz CT molecular complexity index is 570. The number of carbonyl (C=O) groups is 1. The molecule has 2 rings (SSSR count). The average molecular weight is 280 g/mol. The first-order chi connectivity index (χ1) is 9.67. The summed E-state index contributed by atoms with van der Waals surface area (Å²) in [7, 11) is 0. The van der Waals surface area contributed by atoms with Crippen molar-refractivity contribution in [1.29, 1.82) is 0 Å². The van der Waals surface area contributed by atoms with E-state index in [2.05, 4.69) is 15.5 Å². The SMILES string of the molecule is NCC(=O)NCc1nc(COc2ccc(F)cc2)no1. The highest BCUT2D eigenvalue weighted by Crippen LogP contribution is 2.12. The van der Waals surface area contributed by atoms with E-state index in [0.717, 1.165) is 0 Å². The van der Waals surface area contributed by atoms with Crippen LogP contribution in [0.25, 0.3) is 0 Å². The summed E-state index contributed by atoms with van der Waals surface area (Å²) >= 11 is 0. The summed E-state index contributed by atoms with van der Waals surface area (Å²) in [6.07, 6.45) is 0. The van der Waals surface area contributed by atoms with Crippen molar-refractivity contribution < 1.29 is 18.4 Å². The molecule has 1 aromatic heterocycles. The molecule has 1 heterocycles. The molecule has 0 fully saturated rings. The minimum atomic E-state index is -0.338. The van der Waals surface area contributed by atoms with Crippen LogP contribution in [0.4, 0.5) is 4.39 Å². The van der Waals surface area contributed by atoms with Crippen molar-refractivity contribution >= 4 is 5.91 Å². The molecule has 2 aromatic rings. The number of nitrogens with one attached hydrogen (secondary N) is 1. The zero-order chi connectivity index (χ0) is 14.4. The summed E-state index contributed by atoms with van der Waals surface area (Å²) in [5, 5.41) is 6.18. The van der Waals surface area contributed by atoms with Crippen molar-refractivity contribution in [1.82, 2.24) is 15.5 Å². The minimum Gasteiger partial charge on any atom is -0.485 e. The molecule has 1 amide bonds. The quantitative estimate of drug-likeness (QED) is 0.792. The molecule has 8 heteroatoms. The topological polar surface area (TPSA) is 103 Å². The number of carbonyl (C=O) groups excluding carboxylic acids is 1. The van der Waals surface area contributed by atoms with Gasteiger partial charge in [0.05, 0.1) is 13.1 Å². The van der Waals surface area contributed by atoms with Gasteiger partial charge in [-0.25, -0.2) is 4.39 Å². The number of amides is 1. The van der Waals surface area contributed by atoms with E-state index in [1.807, 2.05) is 0 Å². The number of ether oxygens (including phenoxy) is 1. The largest absolute Gasteiger partial charge is 0.485 e. The predicted octanol–water partition coefficient (Wildman–Crippen LogP) is 0.363. The number of nitrogens with zero attached hydrogens (tertiary/aromatic N) is 2. The number of nitrogens with two attached hydrogens (primary N) is 1.